The van der Waals surface area contributed by atoms with E-state index in [0.717, 1.165) is 35.9 Å². The van der Waals surface area contributed by atoms with Gasteiger partial charge >= 0.3 is 0 Å². The molecule has 1 aromatic carbocycles. The number of benzene rings is 1. The summed E-state index contributed by atoms with van der Waals surface area (Å²) >= 11 is 0. The Balaban J connectivity index is 1.71. The van der Waals surface area contributed by atoms with Crippen molar-refractivity contribution < 1.29 is 4.79 Å². The van der Waals surface area contributed by atoms with Crippen LogP contribution in [0.3, 0.4) is 0 Å². The van der Waals surface area contributed by atoms with Crippen LogP contribution in [0.25, 0.3) is 10.9 Å². The molecular weight excluding hydrogens is 274 g/mol. The third-order valence-electron chi connectivity index (χ3n) is 5.11. The lowest BCUT2D eigenvalue weighted by atomic mass is 9.84. The van der Waals surface area contributed by atoms with Gasteiger partial charge in [-0.15, -0.1) is 0 Å². The minimum absolute atomic E-state index is 0.0882. The first-order valence-electron chi connectivity index (χ1n) is 7.96. The molecule has 2 atom stereocenters. The van der Waals surface area contributed by atoms with Gasteiger partial charge in [0.25, 0.3) is 0 Å². The zero-order chi connectivity index (χ0) is 15.3. The first-order chi connectivity index (χ1) is 10.7. The fourth-order valence-corrected chi connectivity index (χ4v) is 3.81. The highest BCUT2D eigenvalue weighted by Crippen LogP contribution is 2.34. The van der Waals surface area contributed by atoms with E-state index in [1.54, 1.807) is 0 Å². The molecule has 0 fully saturated rings. The molecule has 0 saturated carbocycles. The van der Waals surface area contributed by atoms with E-state index in [4.69, 9.17) is 0 Å². The third kappa shape index (κ3) is 1.86. The molecule has 2 aliphatic rings. The molecule has 4 rings (SSSR count). The van der Waals surface area contributed by atoms with Crippen molar-refractivity contribution in [3.63, 3.8) is 0 Å². The highest BCUT2D eigenvalue weighted by molar-refractivity contribution is 6.11. The predicted molar refractivity (Wildman–Crippen MR) is 87.5 cm³/mol. The zero-order valence-electron chi connectivity index (χ0n) is 13.0. The second-order valence-corrected chi connectivity index (χ2v) is 6.35. The van der Waals surface area contributed by atoms with E-state index >= 15 is 0 Å². The van der Waals surface area contributed by atoms with Gasteiger partial charge in [-0.1, -0.05) is 18.2 Å². The largest absolute Gasteiger partial charge is 0.370 e. The Kier molecular flexibility index (Phi) is 2.99. The molecule has 4 heteroatoms. The van der Waals surface area contributed by atoms with Crippen molar-refractivity contribution in [3.05, 3.63) is 47.9 Å². The molecule has 2 heterocycles. The molecule has 22 heavy (non-hydrogen) atoms. The first kappa shape index (κ1) is 13.4. The maximum absolute atomic E-state index is 13.1. The van der Waals surface area contributed by atoms with Crippen LogP contribution in [-0.4, -0.2) is 28.0 Å². The van der Waals surface area contributed by atoms with E-state index in [-0.39, 0.29) is 12.1 Å². The number of hydrogen-bond acceptors (Lipinski definition) is 3. The van der Waals surface area contributed by atoms with Gasteiger partial charge < -0.3 is 14.8 Å². The van der Waals surface area contributed by atoms with Crippen LogP contribution in [0, 0.1) is 5.92 Å². The number of hydrogen-bond donors (Lipinski definition) is 1. The van der Waals surface area contributed by atoms with Crippen LogP contribution in [-0.2, 0) is 13.5 Å². The van der Waals surface area contributed by atoms with Crippen molar-refractivity contribution in [2.24, 2.45) is 13.0 Å². The number of nitrogens with zero attached hydrogens (tertiary/aromatic N) is 2. The molecule has 1 aliphatic carbocycles. The van der Waals surface area contributed by atoms with Gasteiger partial charge in [0.1, 0.15) is 0 Å². The fourth-order valence-electron chi connectivity index (χ4n) is 3.81. The molecule has 0 saturated heterocycles. The lowest BCUT2D eigenvalue weighted by Crippen LogP contribution is -2.39. The summed E-state index contributed by atoms with van der Waals surface area (Å²) in [4.78, 5) is 15.3. The Labute approximate surface area is 130 Å². The molecular formula is C18H21N3O. The van der Waals surface area contributed by atoms with E-state index in [1.165, 1.54) is 5.69 Å². The summed E-state index contributed by atoms with van der Waals surface area (Å²) in [6.45, 7) is 2.92. The molecule has 4 nitrogen and oxygen atoms in total. The SMILES string of the molecule is CC1NC=CN1C[C@H]1CCc2c(c3ccccc3n2C)C1=O. The molecule has 1 N–H and O–H groups in total. The number of Topliss-reactive ketones (excluding diaryl/α,β-unsaturated/α-hetero) is 1. The van der Waals surface area contributed by atoms with Gasteiger partial charge in [0.2, 0.25) is 0 Å². The molecule has 1 aromatic heterocycles. The number of ketones is 1. The van der Waals surface area contributed by atoms with Crippen molar-refractivity contribution >= 4 is 16.7 Å². The summed E-state index contributed by atoms with van der Waals surface area (Å²) < 4.78 is 2.19. The quantitative estimate of drug-likeness (QED) is 0.925. The average molecular weight is 295 g/mol. The van der Waals surface area contributed by atoms with Crippen LogP contribution in [0.2, 0.25) is 0 Å². The molecule has 0 radical (unpaired) electrons. The minimum Gasteiger partial charge on any atom is -0.370 e. The molecule has 2 aromatic rings. The maximum Gasteiger partial charge on any atom is 0.170 e. The molecule has 1 aliphatic heterocycles. The number of nitrogens with one attached hydrogen (secondary N) is 1. The highest BCUT2D eigenvalue weighted by Gasteiger charge is 2.33. The second kappa shape index (κ2) is 4.90. The van der Waals surface area contributed by atoms with Gasteiger partial charge in [-0.25, -0.2) is 0 Å². The van der Waals surface area contributed by atoms with Gasteiger partial charge in [-0.05, 0) is 25.8 Å². The molecule has 0 spiro atoms. The van der Waals surface area contributed by atoms with Crippen molar-refractivity contribution in [1.29, 1.82) is 0 Å². The van der Waals surface area contributed by atoms with Gasteiger partial charge in [-0.3, -0.25) is 4.79 Å². The van der Waals surface area contributed by atoms with Crippen LogP contribution >= 0.6 is 0 Å². The fraction of sp³-hybridized carbons (Fsp3) is 0.389. The summed E-state index contributed by atoms with van der Waals surface area (Å²) in [6, 6.07) is 8.24. The van der Waals surface area contributed by atoms with E-state index in [2.05, 4.69) is 47.1 Å². The van der Waals surface area contributed by atoms with Gasteiger partial charge in [0.05, 0.1) is 6.17 Å². The zero-order valence-corrected chi connectivity index (χ0v) is 13.0. The molecule has 1 unspecified atom stereocenters. The summed E-state index contributed by atoms with van der Waals surface area (Å²) in [5.41, 5.74) is 3.32. The van der Waals surface area contributed by atoms with Gasteiger partial charge in [0, 0.05) is 54.1 Å². The van der Waals surface area contributed by atoms with E-state index < -0.39 is 0 Å². The Bertz CT molecular complexity index is 774. The Morgan fingerprint density at radius 1 is 1.32 bits per heavy atom. The lowest BCUT2D eigenvalue weighted by Gasteiger charge is -2.29. The maximum atomic E-state index is 13.1. The predicted octanol–water partition coefficient (Wildman–Crippen LogP) is 2.65. The number of carbonyl (C=O) groups excluding carboxylic acids is 1. The lowest BCUT2D eigenvalue weighted by molar-refractivity contribution is 0.0867. The van der Waals surface area contributed by atoms with Crippen LogP contribution in [0.5, 0.6) is 0 Å². The monoisotopic (exact) mass is 295 g/mol. The number of aromatic nitrogens is 1. The highest BCUT2D eigenvalue weighted by atomic mass is 16.1. The van der Waals surface area contributed by atoms with Crippen LogP contribution in [0.15, 0.2) is 36.7 Å². The van der Waals surface area contributed by atoms with Crippen molar-refractivity contribution in [2.45, 2.75) is 25.9 Å². The number of carbonyl (C=O) groups is 1. The Morgan fingerprint density at radius 2 is 2.14 bits per heavy atom. The van der Waals surface area contributed by atoms with Crippen LogP contribution in [0.1, 0.15) is 29.4 Å². The first-order valence-corrected chi connectivity index (χ1v) is 7.96. The number of fused-ring (bicyclic) bond motifs is 3. The number of aryl methyl sites for hydroxylation is 1. The summed E-state index contributed by atoms with van der Waals surface area (Å²) in [5, 5.41) is 4.37. The second-order valence-electron chi connectivity index (χ2n) is 6.35. The number of para-hydroxylation sites is 1. The summed E-state index contributed by atoms with van der Waals surface area (Å²) in [6.07, 6.45) is 6.21. The third-order valence-corrected chi connectivity index (χ3v) is 5.11. The van der Waals surface area contributed by atoms with Gasteiger partial charge in [-0.2, -0.15) is 0 Å². The van der Waals surface area contributed by atoms with Crippen molar-refractivity contribution in [1.82, 2.24) is 14.8 Å². The van der Waals surface area contributed by atoms with E-state index in [0.29, 0.717) is 5.78 Å². The summed E-state index contributed by atoms with van der Waals surface area (Å²) in [7, 11) is 2.07. The smallest absolute Gasteiger partial charge is 0.170 e. The van der Waals surface area contributed by atoms with Crippen molar-refractivity contribution in [3.8, 4) is 0 Å². The molecule has 0 amide bonds. The van der Waals surface area contributed by atoms with E-state index in [9.17, 15) is 4.79 Å². The van der Waals surface area contributed by atoms with Crippen molar-refractivity contribution in [2.75, 3.05) is 6.54 Å². The average Bonchev–Trinajstić information content (AvgIpc) is 3.05. The Morgan fingerprint density at radius 3 is 2.91 bits per heavy atom. The number of rotatable bonds is 2. The minimum atomic E-state index is 0.0882. The van der Waals surface area contributed by atoms with Crippen LogP contribution < -0.4 is 5.32 Å². The standard InChI is InChI=1S/C18H21N3O/c1-12-19-9-10-21(12)11-13-7-8-16-17(18(13)22)14-5-3-4-6-15(14)20(16)2/h3-6,9-10,12-13,19H,7-8,11H2,1-2H3/t12?,13-/m1/s1. The van der Waals surface area contributed by atoms with E-state index in [1.807, 2.05) is 18.3 Å². The molecule has 0 bridgehead atoms. The van der Waals surface area contributed by atoms with Gasteiger partial charge in [0.15, 0.2) is 5.78 Å². The molecule has 114 valence electrons. The van der Waals surface area contributed by atoms with Crippen LogP contribution in [0.4, 0.5) is 0 Å². The normalized spacial score (nSPS) is 23.9. The summed E-state index contributed by atoms with van der Waals surface area (Å²) in [5.74, 6) is 0.399. The Hall–Kier alpha value is -2.23. The topological polar surface area (TPSA) is 37.3 Å².